The predicted molar refractivity (Wildman–Crippen MR) is 74.2 cm³/mol. The topological polar surface area (TPSA) is 74.2 Å². The largest absolute Gasteiger partial charge is 0.433 e. The fraction of sp³-hybridized carbons (Fsp3) is 0.571. The molecular formula is C14H18F3N3O2. The second-order valence-corrected chi connectivity index (χ2v) is 5.38. The Bertz CT molecular complexity index is 505. The van der Waals surface area contributed by atoms with Gasteiger partial charge >= 0.3 is 12.2 Å². The number of urea groups is 1. The number of carbonyl (C=O) groups is 1. The van der Waals surface area contributed by atoms with E-state index in [0.29, 0.717) is 6.54 Å². The highest BCUT2D eigenvalue weighted by Crippen LogP contribution is 2.27. The highest BCUT2D eigenvalue weighted by molar-refractivity contribution is 5.88. The van der Waals surface area contributed by atoms with E-state index in [1.54, 1.807) is 0 Å². The lowest BCUT2D eigenvalue weighted by Gasteiger charge is -2.27. The minimum Gasteiger partial charge on any atom is -0.393 e. The van der Waals surface area contributed by atoms with Crippen LogP contribution in [0.1, 0.15) is 31.4 Å². The maximum absolute atomic E-state index is 12.4. The fourth-order valence-electron chi connectivity index (χ4n) is 2.46. The molecule has 22 heavy (non-hydrogen) atoms. The summed E-state index contributed by atoms with van der Waals surface area (Å²) in [6.45, 7) is 0.334. The van der Waals surface area contributed by atoms with Gasteiger partial charge < -0.3 is 15.7 Å². The van der Waals surface area contributed by atoms with Crippen molar-refractivity contribution >= 4 is 11.7 Å². The molecule has 1 aromatic rings. The van der Waals surface area contributed by atoms with Gasteiger partial charge in [-0.2, -0.15) is 13.2 Å². The van der Waals surface area contributed by atoms with Crippen LogP contribution in [-0.4, -0.2) is 28.8 Å². The summed E-state index contributed by atoms with van der Waals surface area (Å²) in [6.07, 6.45) is -0.369. The number of nitrogens with one attached hydrogen (secondary N) is 2. The Hall–Kier alpha value is -1.83. The summed E-state index contributed by atoms with van der Waals surface area (Å²) in [4.78, 5) is 14.9. The molecule has 1 aliphatic rings. The Morgan fingerprint density at radius 2 is 2.05 bits per heavy atom. The molecule has 5 nitrogen and oxygen atoms in total. The first-order valence-corrected chi connectivity index (χ1v) is 7.12. The molecule has 1 fully saturated rings. The van der Waals surface area contributed by atoms with E-state index in [4.69, 9.17) is 0 Å². The zero-order valence-corrected chi connectivity index (χ0v) is 11.9. The zero-order chi connectivity index (χ0) is 16.2. The number of alkyl halides is 3. The molecule has 8 heteroatoms. The van der Waals surface area contributed by atoms with Gasteiger partial charge in [-0.05, 0) is 25.0 Å². The van der Waals surface area contributed by atoms with Crippen LogP contribution in [0.3, 0.4) is 0 Å². The summed E-state index contributed by atoms with van der Waals surface area (Å²) < 4.78 is 37.1. The van der Waals surface area contributed by atoms with Gasteiger partial charge in [-0.15, -0.1) is 0 Å². The first kappa shape index (κ1) is 16.5. The molecular weight excluding hydrogens is 299 g/mol. The van der Waals surface area contributed by atoms with Gasteiger partial charge in [0.05, 0.1) is 18.0 Å². The molecule has 0 radical (unpaired) electrons. The number of pyridine rings is 1. The van der Waals surface area contributed by atoms with Crippen molar-refractivity contribution in [3.8, 4) is 0 Å². The molecule has 0 bridgehead atoms. The van der Waals surface area contributed by atoms with Gasteiger partial charge in [-0.25, -0.2) is 9.78 Å². The standard InChI is InChI=1S/C14H18F3N3O2/c15-14(16,17)12-6-5-10(8-18-12)20-13(22)19-7-9-3-1-2-4-11(9)21/h5-6,8-9,11,21H,1-4,7H2,(H2,19,20,22)/t9-,11+/m0/s1. The van der Waals surface area contributed by atoms with E-state index in [2.05, 4.69) is 15.6 Å². The summed E-state index contributed by atoms with van der Waals surface area (Å²) in [6, 6.07) is 1.42. The SMILES string of the molecule is O=C(NC[C@@H]1CCCC[C@H]1O)Nc1ccc(C(F)(F)F)nc1. The van der Waals surface area contributed by atoms with Crippen LogP contribution in [0.4, 0.5) is 23.7 Å². The van der Waals surface area contributed by atoms with E-state index < -0.39 is 24.0 Å². The van der Waals surface area contributed by atoms with Crippen LogP contribution >= 0.6 is 0 Å². The summed E-state index contributed by atoms with van der Waals surface area (Å²) in [5.74, 6) is 0.0187. The highest BCUT2D eigenvalue weighted by atomic mass is 19.4. The maximum Gasteiger partial charge on any atom is 0.433 e. The zero-order valence-electron chi connectivity index (χ0n) is 11.9. The fourth-order valence-corrected chi connectivity index (χ4v) is 2.46. The van der Waals surface area contributed by atoms with Crippen LogP contribution in [0.15, 0.2) is 18.3 Å². The molecule has 1 aromatic heterocycles. The number of aromatic nitrogens is 1. The summed E-state index contributed by atoms with van der Waals surface area (Å²) in [5.41, 5.74) is -0.835. The van der Waals surface area contributed by atoms with Gasteiger partial charge in [0.25, 0.3) is 0 Å². The Balaban J connectivity index is 1.81. The number of aliphatic hydroxyl groups is 1. The summed E-state index contributed by atoms with van der Waals surface area (Å²) in [7, 11) is 0. The van der Waals surface area contributed by atoms with Gasteiger partial charge in [0.15, 0.2) is 0 Å². The normalized spacial score (nSPS) is 22.2. The van der Waals surface area contributed by atoms with Crippen molar-refractivity contribution in [2.75, 3.05) is 11.9 Å². The Kier molecular flexibility index (Phi) is 5.23. The molecule has 2 rings (SSSR count). The lowest BCUT2D eigenvalue weighted by molar-refractivity contribution is -0.141. The smallest absolute Gasteiger partial charge is 0.393 e. The van der Waals surface area contributed by atoms with Crippen molar-refractivity contribution in [2.24, 2.45) is 5.92 Å². The number of anilines is 1. The summed E-state index contributed by atoms with van der Waals surface area (Å²) in [5, 5.41) is 14.8. The maximum atomic E-state index is 12.4. The van der Waals surface area contributed by atoms with Gasteiger partial charge in [0.1, 0.15) is 5.69 Å². The number of rotatable bonds is 3. The molecule has 0 saturated heterocycles. The van der Waals surface area contributed by atoms with Crippen LogP contribution < -0.4 is 10.6 Å². The molecule has 0 unspecified atom stereocenters. The molecule has 0 aromatic carbocycles. The van der Waals surface area contributed by atoms with Crippen LogP contribution in [0.2, 0.25) is 0 Å². The molecule has 1 heterocycles. The van der Waals surface area contributed by atoms with Crippen LogP contribution in [0, 0.1) is 5.92 Å². The minimum atomic E-state index is -4.50. The third-order valence-electron chi connectivity index (χ3n) is 3.71. The van der Waals surface area contributed by atoms with Crippen molar-refractivity contribution in [1.29, 1.82) is 0 Å². The van der Waals surface area contributed by atoms with E-state index in [-0.39, 0.29) is 11.6 Å². The number of nitrogens with zero attached hydrogens (tertiary/aromatic N) is 1. The first-order chi connectivity index (χ1) is 10.4. The molecule has 1 aliphatic carbocycles. The third-order valence-corrected chi connectivity index (χ3v) is 3.71. The van der Waals surface area contributed by atoms with E-state index >= 15 is 0 Å². The number of halogens is 3. The first-order valence-electron chi connectivity index (χ1n) is 7.12. The van der Waals surface area contributed by atoms with Crippen LogP contribution in [0.25, 0.3) is 0 Å². The van der Waals surface area contributed by atoms with Gasteiger partial charge in [0, 0.05) is 12.5 Å². The average Bonchev–Trinajstić information content (AvgIpc) is 2.46. The lowest BCUT2D eigenvalue weighted by Crippen LogP contribution is -2.38. The molecule has 2 amide bonds. The van der Waals surface area contributed by atoms with E-state index in [9.17, 15) is 23.1 Å². The van der Waals surface area contributed by atoms with Gasteiger partial charge in [-0.1, -0.05) is 12.8 Å². The Labute approximate surface area is 125 Å². The second kappa shape index (κ2) is 6.95. The molecule has 3 N–H and O–H groups in total. The van der Waals surface area contributed by atoms with Gasteiger partial charge in [0.2, 0.25) is 0 Å². The number of aliphatic hydroxyl groups excluding tert-OH is 1. The van der Waals surface area contributed by atoms with E-state index in [0.717, 1.165) is 44.0 Å². The predicted octanol–water partition coefficient (Wildman–Crippen LogP) is 2.77. The number of amides is 2. The second-order valence-electron chi connectivity index (χ2n) is 5.38. The monoisotopic (exact) mass is 317 g/mol. The molecule has 0 aliphatic heterocycles. The van der Waals surface area contributed by atoms with E-state index in [1.165, 1.54) is 0 Å². The average molecular weight is 317 g/mol. The quantitative estimate of drug-likeness (QED) is 0.802. The molecule has 2 atom stereocenters. The number of hydrogen-bond acceptors (Lipinski definition) is 3. The Morgan fingerprint density at radius 1 is 1.32 bits per heavy atom. The van der Waals surface area contributed by atoms with Crippen molar-refractivity contribution < 1.29 is 23.1 Å². The highest BCUT2D eigenvalue weighted by Gasteiger charge is 2.32. The van der Waals surface area contributed by atoms with Crippen molar-refractivity contribution in [2.45, 2.75) is 38.0 Å². The van der Waals surface area contributed by atoms with Crippen molar-refractivity contribution in [3.05, 3.63) is 24.0 Å². The Morgan fingerprint density at radius 3 is 2.64 bits per heavy atom. The van der Waals surface area contributed by atoms with Crippen molar-refractivity contribution in [3.63, 3.8) is 0 Å². The van der Waals surface area contributed by atoms with Crippen molar-refractivity contribution in [1.82, 2.24) is 10.3 Å². The molecule has 122 valence electrons. The molecule has 0 spiro atoms. The number of carbonyl (C=O) groups excluding carboxylic acids is 1. The number of hydrogen-bond donors (Lipinski definition) is 3. The molecule has 1 saturated carbocycles. The lowest BCUT2D eigenvalue weighted by atomic mass is 9.86. The third kappa shape index (κ3) is 4.59. The van der Waals surface area contributed by atoms with Crippen LogP contribution in [-0.2, 0) is 6.18 Å². The van der Waals surface area contributed by atoms with Crippen LogP contribution in [0.5, 0.6) is 0 Å². The minimum absolute atomic E-state index is 0.0187. The van der Waals surface area contributed by atoms with Gasteiger partial charge in [-0.3, -0.25) is 0 Å². The van der Waals surface area contributed by atoms with E-state index in [1.807, 2.05) is 0 Å². The summed E-state index contributed by atoms with van der Waals surface area (Å²) >= 11 is 0.